The minimum Gasteiger partial charge on any atom is -0.309 e. The van der Waals surface area contributed by atoms with Gasteiger partial charge in [-0.2, -0.15) is 0 Å². The van der Waals surface area contributed by atoms with Gasteiger partial charge < -0.3 is 4.57 Å². The largest absolute Gasteiger partial charge is 0.309 e. The minimum atomic E-state index is 1.17. The van der Waals surface area contributed by atoms with E-state index in [1.54, 1.807) is 0 Å². The van der Waals surface area contributed by atoms with Crippen molar-refractivity contribution in [1.29, 1.82) is 0 Å². The van der Waals surface area contributed by atoms with E-state index in [-0.39, 0.29) is 0 Å². The average Bonchev–Trinajstić information content (AvgIpc) is 3.52. The number of para-hydroxylation sites is 1. The van der Waals surface area contributed by atoms with Gasteiger partial charge in [0.1, 0.15) is 0 Å². The summed E-state index contributed by atoms with van der Waals surface area (Å²) < 4.78 is 2.42. The molecule has 0 unspecified atom stereocenters. The molecule has 0 bridgehead atoms. The van der Waals surface area contributed by atoms with E-state index in [2.05, 4.69) is 180 Å². The van der Waals surface area contributed by atoms with Gasteiger partial charge in [0.25, 0.3) is 0 Å². The zero-order valence-corrected chi connectivity index (χ0v) is 27.7. The molecule has 1 nitrogen and oxygen atoms in total. The third-order valence-electron chi connectivity index (χ3n) is 11.4. The van der Waals surface area contributed by atoms with Crippen molar-refractivity contribution in [3.63, 3.8) is 0 Å². The van der Waals surface area contributed by atoms with Crippen LogP contribution in [0.15, 0.2) is 176 Å². The highest BCUT2D eigenvalue weighted by atomic mass is 15.0. The summed E-state index contributed by atoms with van der Waals surface area (Å²) in [5, 5.41) is 18.3. The van der Waals surface area contributed by atoms with Gasteiger partial charge in [0.2, 0.25) is 0 Å². The van der Waals surface area contributed by atoms with E-state index in [1.165, 1.54) is 114 Å². The molecule has 1 heterocycles. The molecule has 0 atom stereocenters. The molecule has 0 spiro atoms. The monoisotopic (exact) mass is 643 g/mol. The molecule has 1 aromatic heterocycles. The van der Waals surface area contributed by atoms with Crippen LogP contribution in [0.5, 0.6) is 0 Å². The molecule has 0 aliphatic rings. The first-order valence-corrected chi connectivity index (χ1v) is 17.7. The molecule has 0 aliphatic heterocycles. The van der Waals surface area contributed by atoms with Crippen molar-refractivity contribution < 1.29 is 0 Å². The van der Waals surface area contributed by atoms with Crippen LogP contribution in [0, 0.1) is 0 Å². The molecule has 0 saturated carbocycles. The number of aromatic nitrogens is 1. The predicted octanol–water partition coefficient (Wildman–Crippen LogP) is 13.9. The summed E-state index contributed by atoms with van der Waals surface area (Å²) in [5.74, 6) is 0. The second kappa shape index (κ2) is 9.94. The Labute approximate surface area is 293 Å². The third kappa shape index (κ3) is 3.81. The number of fused-ring (bicyclic) bond motifs is 3. The van der Waals surface area contributed by atoms with Crippen molar-refractivity contribution in [2.45, 2.75) is 0 Å². The Morgan fingerprint density at radius 1 is 0.255 bits per heavy atom. The van der Waals surface area contributed by atoms with Gasteiger partial charge >= 0.3 is 0 Å². The molecule has 12 rings (SSSR count). The second-order valence-corrected chi connectivity index (χ2v) is 14.2. The lowest BCUT2D eigenvalue weighted by Crippen LogP contribution is -1.93. The summed E-state index contributed by atoms with van der Waals surface area (Å²) in [6.45, 7) is 0. The number of benzene rings is 11. The van der Waals surface area contributed by atoms with Gasteiger partial charge in [-0.25, -0.2) is 0 Å². The quantitative estimate of drug-likeness (QED) is 0.169. The molecule has 11 aromatic carbocycles. The molecule has 234 valence electrons. The average molecular weight is 644 g/mol. The zero-order chi connectivity index (χ0) is 33.2. The molecule has 0 saturated heterocycles. The van der Waals surface area contributed by atoms with Crippen molar-refractivity contribution in [2.24, 2.45) is 0 Å². The minimum absolute atomic E-state index is 1.17. The van der Waals surface area contributed by atoms with Gasteiger partial charge in [0, 0.05) is 16.5 Å². The van der Waals surface area contributed by atoms with Crippen LogP contribution in [-0.4, -0.2) is 4.57 Å². The van der Waals surface area contributed by atoms with E-state index < -0.39 is 0 Å². The summed E-state index contributed by atoms with van der Waals surface area (Å²) in [4.78, 5) is 0. The van der Waals surface area contributed by atoms with Gasteiger partial charge in [0.15, 0.2) is 0 Å². The Kier molecular flexibility index (Phi) is 5.29. The van der Waals surface area contributed by atoms with Crippen LogP contribution in [0.1, 0.15) is 0 Å². The Morgan fingerprint density at radius 3 is 1.04 bits per heavy atom. The Bertz CT molecular complexity index is 3010. The molecule has 1 heteroatoms. The first kappa shape index (κ1) is 27.2. The fourth-order valence-electron chi connectivity index (χ4n) is 9.08. The SMILES string of the molecule is c1ccc(-n2c3ccc(-c4cc5ccc6cccc7ccc(c4)c5c67)cc3c3cc(-c4cc5ccc6cccc7ccc(c4)c5c67)ccc32)cc1. The molecule has 0 N–H and O–H groups in total. The van der Waals surface area contributed by atoms with Gasteiger partial charge in [-0.15, -0.1) is 0 Å². The molecule has 12 aromatic rings. The first-order valence-electron chi connectivity index (χ1n) is 17.7. The van der Waals surface area contributed by atoms with E-state index in [9.17, 15) is 0 Å². The van der Waals surface area contributed by atoms with E-state index >= 15 is 0 Å². The lowest BCUT2D eigenvalue weighted by Gasteiger charge is -2.13. The highest BCUT2D eigenvalue weighted by Gasteiger charge is 2.17. The maximum atomic E-state index is 2.42. The van der Waals surface area contributed by atoms with Crippen molar-refractivity contribution in [3.8, 4) is 27.9 Å². The molecule has 0 radical (unpaired) electrons. The Hall–Kier alpha value is -6.70. The van der Waals surface area contributed by atoms with E-state index in [0.29, 0.717) is 0 Å². The van der Waals surface area contributed by atoms with E-state index in [1.807, 2.05) is 0 Å². The number of nitrogens with zero attached hydrogens (tertiary/aromatic N) is 1. The van der Waals surface area contributed by atoms with Crippen LogP contribution in [0.3, 0.4) is 0 Å². The number of hydrogen-bond acceptors (Lipinski definition) is 0. The highest BCUT2D eigenvalue weighted by molar-refractivity contribution is 6.25. The zero-order valence-electron chi connectivity index (χ0n) is 27.7. The fraction of sp³-hybridized carbons (Fsp3) is 0. The van der Waals surface area contributed by atoms with Crippen molar-refractivity contribution in [3.05, 3.63) is 176 Å². The van der Waals surface area contributed by atoms with Crippen LogP contribution in [0.2, 0.25) is 0 Å². The fourth-order valence-corrected chi connectivity index (χ4v) is 9.08. The Balaban J connectivity index is 1.09. The molecular weight excluding hydrogens is 615 g/mol. The van der Waals surface area contributed by atoms with Crippen LogP contribution in [-0.2, 0) is 0 Å². The van der Waals surface area contributed by atoms with Crippen LogP contribution in [0.4, 0.5) is 0 Å². The Morgan fingerprint density at radius 2 is 0.627 bits per heavy atom. The summed E-state index contributed by atoms with van der Waals surface area (Å²) in [7, 11) is 0. The summed E-state index contributed by atoms with van der Waals surface area (Å²) in [6, 6.07) is 65.7. The van der Waals surface area contributed by atoms with Gasteiger partial charge in [-0.3, -0.25) is 0 Å². The third-order valence-corrected chi connectivity index (χ3v) is 11.4. The lowest BCUT2D eigenvalue weighted by atomic mass is 9.90. The van der Waals surface area contributed by atoms with Crippen LogP contribution < -0.4 is 0 Å². The summed E-state index contributed by atoms with van der Waals surface area (Å²) >= 11 is 0. The maximum absolute atomic E-state index is 2.42. The summed E-state index contributed by atoms with van der Waals surface area (Å²) in [5.41, 5.74) is 8.54. The van der Waals surface area contributed by atoms with Gasteiger partial charge in [-0.05, 0) is 148 Å². The van der Waals surface area contributed by atoms with Gasteiger partial charge in [-0.1, -0.05) is 115 Å². The predicted molar refractivity (Wildman–Crippen MR) is 219 cm³/mol. The number of hydrogen-bond donors (Lipinski definition) is 0. The molecular formula is C50H29N. The summed E-state index contributed by atoms with van der Waals surface area (Å²) in [6.07, 6.45) is 0. The van der Waals surface area contributed by atoms with Crippen LogP contribution in [0.25, 0.3) is 114 Å². The van der Waals surface area contributed by atoms with Crippen molar-refractivity contribution >= 4 is 86.4 Å². The van der Waals surface area contributed by atoms with Crippen molar-refractivity contribution in [2.75, 3.05) is 0 Å². The van der Waals surface area contributed by atoms with Crippen LogP contribution >= 0.6 is 0 Å². The normalized spacial score (nSPS) is 12.3. The molecule has 0 fully saturated rings. The lowest BCUT2D eigenvalue weighted by molar-refractivity contribution is 1.18. The number of rotatable bonds is 3. The molecule has 51 heavy (non-hydrogen) atoms. The first-order chi connectivity index (χ1) is 25.2. The van der Waals surface area contributed by atoms with Crippen molar-refractivity contribution in [1.82, 2.24) is 4.57 Å². The highest BCUT2D eigenvalue weighted by Crippen LogP contribution is 2.42. The topological polar surface area (TPSA) is 4.93 Å². The van der Waals surface area contributed by atoms with E-state index in [4.69, 9.17) is 0 Å². The standard InChI is InChI=1S/C50H29N/c1-2-10-42(11-3-1)51-45-22-20-34(40-24-36-16-12-30-6-4-7-31-13-17-37(25-40)49(36)47(30)31)28-43(45)44-29-35(21-23-46(44)51)41-26-38-18-14-32-8-5-9-33-15-19-39(27-41)50(38)48(32)33/h1-29H. The molecule has 0 amide bonds. The van der Waals surface area contributed by atoms with Gasteiger partial charge in [0.05, 0.1) is 11.0 Å². The smallest absolute Gasteiger partial charge is 0.0541 e. The maximum Gasteiger partial charge on any atom is 0.0541 e. The molecule has 0 aliphatic carbocycles. The van der Waals surface area contributed by atoms with E-state index in [0.717, 1.165) is 0 Å². The second-order valence-electron chi connectivity index (χ2n) is 14.2.